The van der Waals surface area contributed by atoms with Crippen LogP contribution in [0.25, 0.3) is 0 Å². The van der Waals surface area contributed by atoms with E-state index in [0.29, 0.717) is 13.2 Å². The molecule has 0 aliphatic heterocycles. The maximum atomic E-state index is 12.2. The van der Waals surface area contributed by atoms with Crippen molar-refractivity contribution in [1.29, 1.82) is 0 Å². The van der Waals surface area contributed by atoms with Crippen molar-refractivity contribution in [3.63, 3.8) is 0 Å². The van der Waals surface area contributed by atoms with Gasteiger partial charge in [0.25, 0.3) is 11.6 Å². The zero-order valence-corrected chi connectivity index (χ0v) is 11.7. The number of hydrogen-bond acceptors (Lipinski definition) is 5. The van der Waals surface area contributed by atoms with Crippen LogP contribution in [0.1, 0.15) is 24.2 Å². The summed E-state index contributed by atoms with van der Waals surface area (Å²) >= 11 is 0. The van der Waals surface area contributed by atoms with Crippen LogP contribution in [-0.2, 0) is 4.74 Å². The van der Waals surface area contributed by atoms with E-state index in [1.807, 2.05) is 13.8 Å². The van der Waals surface area contributed by atoms with Crippen molar-refractivity contribution in [2.75, 3.05) is 20.2 Å². The van der Waals surface area contributed by atoms with E-state index in [0.717, 1.165) is 12.1 Å². The summed E-state index contributed by atoms with van der Waals surface area (Å²) in [6, 6.07) is 3.39. The molecule has 1 aromatic rings. The number of rotatable bonds is 6. The lowest BCUT2D eigenvalue weighted by molar-refractivity contribution is -0.385. The number of phenols is 1. The third-order valence-corrected chi connectivity index (χ3v) is 2.63. The van der Waals surface area contributed by atoms with Gasteiger partial charge in [0, 0.05) is 19.7 Å². The molecule has 0 radical (unpaired) electrons. The quantitative estimate of drug-likeness (QED) is 0.634. The van der Waals surface area contributed by atoms with Crippen molar-refractivity contribution in [2.45, 2.75) is 20.0 Å². The van der Waals surface area contributed by atoms with Gasteiger partial charge in [-0.15, -0.1) is 0 Å². The van der Waals surface area contributed by atoms with Gasteiger partial charge in [-0.05, 0) is 26.0 Å². The zero-order chi connectivity index (χ0) is 15.3. The molecule has 1 N–H and O–H groups in total. The van der Waals surface area contributed by atoms with E-state index in [1.54, 1.807) is 0 Å². The average molecular weight is 282 g/mol. The maximum absolute atomic E-state index is 12.2. The summed E-state index contributed by atoms with van der Waals surface area (Å²) < 4.78 is 5.32. The van der Waals surface area contributed by atoms with Gasteiger partial charge < -0.3 is 14.7 Å². The minimum absolute atomic E-state index is 0.0496. The van der Waals surface area contributed by atoms with Crippen LogP contribution in [-0.4, -0.2) is 47.1 Å². The molecule has 0 saturated heterocycles. The van der Waals surface area contributed by atoms with Crippen molar-refractivity contribution in [2.24, 2.45) is 0 Å². The number of amides is 1. The molecular formula is C13H18N2O5. The fourth-order valence-electron chi connectivity index (χ4n) is 1.59. The van der Waals surface area contributed by atoms with Crippen LogP contribution in [0.2, 0.25) is 0 Å². The first-order valence-electron chi connectivity index (χ1n) is 6.17. The number of hydrogen-bond donors (Lipinski definition) is 1. The second-order valence-electron chi connectivity index (χ2n) is 4.60. The number of carbonyl (C=O) groups is 1. The molecular weight excluding hydrogens is 264 g/mol. The van der Waals surface area contributed by atoms with Gasteiger partial charge >= 0.3 is 0 Å². The lowest BCUT2D eigenvalue weighted by Crippen LogP contribution is -2.31. The smallest absolute Gasteiger partial charge is 0.282 e. The van der Waals surface area contributed by atoms with E-state index in [-0.39, 0.29) is 23.1 Å². The SMILES string of the molecule is CC(C)OCCN(C)C(=O)c1cc(O)ccc1[N+](=O)[O-]. The Morgan fingerprint density at radius 3 is 2.70 bits per heavy atom. The molecule has 0 aliphatic carbocycles. The number of benzene rings is 1. The molecule has 1 rings (SSSR count). The molecule has 0 spiro atoms. The van der Waals surface area contributed by atoms with E-state index in [9.17, 15) is 20.0 Å². The maximum Gasteiger partial charge on any atom is 0.282 e. The fraction of sp³-hybridized carbons (Fsp3) is 0.462. The Kier molecular flexibility index (Phi) is 5.45. The third kappa shape index (κ3) is 4.20. The first-order valence-corrected chi connectivity index (χ1v) is 6.17. The predicted octanol–water partition coefficient (Wildman–Crippen LogP) is 1.80. The topological polar surface area (TPSA) is 92.9 Å². The van der Waals surface area contributed by atoms with Crippen LogP contribution >= 0.6 is 0 Å². The minimum Gasteiger partial charge on any atom is -0.508 e. The van der Waals surface area contributed by atoms with Crippen LogP contribution < -0.4 is 0 Å². The molecule has 7 heteroatoms. The number of aromatic hydroxyl groups is 1. The Morgan fingerprint density at radius 1 is 1.50 bits per heavy atom. The largest absolute Gasteiger partial charge is 0.508 e. The molecule has 0 fully saturated rings. The second-order valence-corrected chi connectivity index (χ2v) is 4.60. The van der Waals surface area contributed by atoms with E-state index >= 15 is 0 Å². The molecule has 0 unspecified atom stereocenters. The van der Waals surface area contributed by atoms with Crippen molar-refractivity contribution in [3.8, 4) is 5.75 Å². The molecule has 7 nitrogen and oxygen atoms in total. The molecule has 20 heavy (non-hydrogen) atoms. The summed E-state index contributed by atoms with van der Waals surface area (Å²) in [7, 11) is 1.53. The third-order valence-electron chi connectivity index (χ3n) is 2.63. The Morgan fingerprint density at radius 2 is 2.15 bits per heavy atom. The molecule has 0 atom stereocenters. The zero-order valence-electron chi connectivity index (χ0n) is 11.7. The highest BCUT2D eigenvalue weighted by Crippen LogP contribution is 2.24. The minimum atomic E-state index is -0.648. The van der Waals surface area contributed by atoms with Gasteiger partial charge in [-0.2, -0.15) is 0 Å². The average Bonchev–Trinajstić information content (AvgIpc) is 2.36. The summed E-state index contributed by atoms with van der Waals surface area (Å²) in [4.78, 5) is 23.7. The van der Waals surface area contributed by atoms with Crippen molar-refractivity contribution >= 4 is 11.6 Å². The Bertz CT molecular complexity index is 502. The molecule has 0 aliphatic rings. The molecule has 1 aromatic carbocycles. The predicted molar refractivity (Wildman–Crippen MR) is 72.8 cm³/mol. The van der Waals surface area contributed by atoms with Crippen molar-refractivity contribution < 1.29 is 19.6 Å². The van der Waals surface area contributed by atoms with Gasteiger partial charge in [0.1, 0.15) is 11.3 Å². The lowest BCUT2D eigenvalue weighted by atomic mass is 10.1. The highest BCUT2D eigenvalue weighted by Gasteiger charge is 2.23. The normalized spacial score (nSPS) is 10.6. The number of likely N-dealkylation sites (N-methyl/N-ethyl adjacent to an activating group) is 1. The van der Waals surface area contributed by atoms with Gasteiger partial charge in [0.2, 0.25) is 0 Å². The first kappa shape index (κ1) is 15.9. The number of nitrogens with zero attached hydrogens (tertiary/aromatic N) is 2. The summed E-state index contributed by atoms with van der Waals surface area (Å²) in [5.74, 6) is -0.717. The van der Waals surface area contributed by atoms with Crippen molar-refractivity contribution in [1.82, 2.24) is 4.90 Å². The first-order chi connectivity index (χ1) is 9.32. The molecule has 0 saturated carbocycles. The Balaban J connectivity index is 2.85. The highest BCUT2D eigenvalue weighted by molar-refractivity contribution is 5.98. The van der Waals surface area contributed by atoms with E-state index in [1.165, 1.54) is 18.0 Å². The molecule has 0 heterocycles. The van der Waals surface area contributed by atoms with Crippen LogP contribution in [0.4, 0.5) is 5.69 Å². The molecule has 0 aromatic heterocycles. The van der Waals surface area contributed by atoms with Crippen LogP contribution in [0.3, 0.4) is 0 Å². The number of nitro groups is 1. The van der Waals surface area contributed by atoms with Crippen molar-refractivity contribution in [3.05, 3.63) is 33.9 Å². The van der Waals surface area contributed by atoms with Gasteiger partial charge in [0.15, 0.2) is 0 Å². The van der Waals surface area contributed by atoms with E-state index in [4.69, 9.17) is 4.74 Å². The summed E-state index contributed by atoms with van der Waals surface area (Å²) in [6.07, 6.45) is 0.0496. The monoisotopic (exact) mass is 282 g/mol. The van der Waals surface area contributed by atoms with Crippen LogP contribution in [0.5, 0.6) is 5.75 Å². The number of ether oxygens (including phenoxy) is 1. The number of carbonyl (C=O) groups excluding carboxylic acids is 1. The highest BCUT2D eigenvalue weighted by atomic mass is 16.6. The van der Waals surface area contributed by atoms with Gasteiger partial charge in [-0.3, -0.25) is 14.9 Å². The summed E-state index contributed by atoms with van der Waals surface area (Å²) in [6.45, 7) is 4.40. The number of phenolic OH excluding ortho intramolecular Hbond substituents is 1. The molecule has 110 valence electrons. The molecule has 0 bridgehead atoms. The van der Waals surface area contributed by atoms with Crippen LogP contribution in [0, 0.1) is 10.1 Å². The second kappa shape index (κ2) is 6.85. The van der Waals surface area contributed by atoms with E-state index < -0.39 is 10.8 Å². The fourth-order valence-corrected chi connectivity index (χ4v) is 1.59. The summed E-state index contributed by atoms with van der Waals surface area (Å²) in [5, 5.41) is 20.3. The Hall–Kier alpha value is -2.15. The number of nitro benzene ring substituents is 1. The van der Waals surface area contributed by atoms with Gasteiger partial charge in [-0.25, -0.2) is 0 Å². The standard InChI is InChI=1S/C13H18N2O5/c1-9(2)20-7-6-14(3)13(17)11-8-10(16)4-5-12(11)15(18)19/h4-5,8-9,16H,6-7H2,1-3H3. The van der Waals surface area contributed by atoms with Crippen LogP contribution in [0.15, 0.2) is 18.2 Å². The van der Waals surface area contributed by atoms with Gasteiger partial charge in [0.05, 0.1) is 17.6 Å². The molecule has 1 amide bonds. The lowest BCUT2D eigenvalue weighted by Gasteiger charge is -2.18. The van der Waals surface area contributed by atoms with E-state index in [2.05, 4.69) is 0 Å². The van der Waals surface area contributed by atoms with Gasteiger partial charge in [-0.1, -0.05) is 0 Å². The Labute approximate surface area is 116 Å². The summed E-state index contributed by atoms with van der Waals surface area (Å²) in [5.41, 5.74) is -0.466.